The van der Waals surface area contributed by atoms with Crippen molar-refractivity contribution >= 4 is 11.3 Å². The first kappa shape index (κ1) is 10.7. The zero-order valence-corrected chi connectivity index (χ0v) is 9.18. The number of hydrogen-bond acceptors (Lipinski definition) is 3. The van der Waals surface area contributed by atoms with Gasteiger partial charge in [-0.3, -0.25) is 4.90 Å². The second-order valence-electron chi connectivity index (χ2n) is 3.36. The zero-order valence-electron chi connectivity index (χ0n) is 8.36. The Morgan fingerprint density at radius 2 is 2.38 bits per heavy atom. The quantitative estimate of drug-likeness (QED) is 0.785. The lowest BCUT2D eigenvalue weighted by Crippen LogP contribution is -2.24. The minimum atomic E-state index is 0.512. The van der Waals surface area contributed by atoms with E-state index in [1.165, 1.54) is 5.56 Å². The largest absolute Gasteiger partial charge is 0.330 e. The lowest BCUT2D eigenvalue weighted by atomic mass is 10.1. The Morgan fingerprint density at radius 3 is 2.92 bits per heavy atom. The molecule has 1 rings (SSSR count). The molecule has 1 aromatic heterocycles. The van der Waals surface area contributed by atoms with Gasteiger partial charge in [0.25, 0.3) is 0 Å². The van der Waals surface area contributed by atoms with Crippen LogP contribution in [0.2, 0.25) is 0 Å². The minimum absolute atomic E-state index is 0.512. The van der Waals surface area contributed by atoms with Gasteiger partial charge in [0, 0.05) is 6.04 Å². The summed E-state index contributed by atoms with van der Waals surface area (Å²) in [4.78, 5) is 2.34. The number of hydrogen-bond donors (Lipinski definition) is 1. The predicted molar refractivity (Wildman–Crippen MR) is 59.0 cm³/mol. The molecule has 0 saturated heterocycles. The van der Waals surface area contributed by atoms with E-state index in [0.717, 1.165) is 19.5 Å². The molecule has 3 heteroatoms. The van der Waals surface area contributed by atoms with Crippen molar-refractivity contribution in [2.24, 2.45) is 5.73 Å². The molecule has 1 aromatic rings. The van der Waals surface area contributed by atoms with Crippen LogP contribution in [0.15, 0.2) is 16.8 Å². The van der Waals surface area contributed by atoms with Crippen LogP contribution in [0.25, 0.3) is 0 Å². The van der Waals surface area contributed by atoms with Gasteiger partial charge in [-0.15, -0.1) is 0 Å². The Hall–Kier alpha value is -0.380. The molecular formula is C10H18N2S. The molecular weight excluding hydrogens is 180 g/mol. The van der Waals surface area contributed by atoms with E-state index in [1.54, 1.807) is 11.3 Å². The molecule has 1 atom stereocenters. The number of nitrogens with two attached hydrogens (primary N) is 1. The molecule has 0 bridgehead atoms. The summed E-state index contributed by atoms with van der Waals surface area (Å²) < 4.78 is 0. The van der Waals surface area contributed by atoms with E-state index in [1.807, 2.05) is 0 Å². The highest BCUT2D eigenvalue weighted by Crippen LogP contribution is 2.20. The van der Waals surface area contributed by atoms with Gasteiger partial charge in [-0.1, -0.05) is 0 Å². The Morgan fingerprint density at radius 1 is 1.62 bits per heavy atom. The van der Waals surface area contributed by atoms with Crippen LogP contribution in [0.5, 0.6) is 0 Å². The molecule has 1 heterocycles. The molecule has 13 heavy (non-hydrogen) atoms. The van der Waals surface area contributed by atoms with Gasteiger partial charge in [0.05, 0.1) is 0 Å². The summed E-state index contributed by atoms with van der Waals surface area (Å²) in [6.07, 6.45) is 1.07. The van der Waals surface area contributed by atoms with Crippen molar-refractivity contribution in [3.8, 4) is 0 Å². The molecule has 0 aliphatic carbocycles. The van der Waals surface area contributed by atoms with E-state index < -0.39 is 0 Å². The maximum absolute atomic E-state index is 5.47. The second kappa shape index (κ2) is 5.37. The van der Waals surface area contributed by atoms with Crippen molar-refractivity contribution in [1.82, 2.24) is 4.90 Å². The van der Waals surface area contributed by atoms with Crippen LogP contribution in [-0.2, 0) is 0 Å². The van der Waals surface area contributed by atoms with Crippen molar-refractivity contribution in [1.29, 1.82) is 0 Å². The average Bonchev–Trinajstić information content (AvgIpc) is 2.65. The first-order valence-corrected chi connectivity index (χ1v) is 5.62. The fourth-order valence-corrected chi connectivity index (χ4v) is 2.05. The zero-order chi connectivity index (χ0) is 9.68. The van der Waals surface area contributed by atoms with Gasteiger partial charge in [-0.05, 0) is 55.9 Å². The third-order valence-corrected chi connectivity index (χ3v) is 3.10. The van der Waals surface area contributed by atoms with Gasteiger partial charge in [-0.2, -0.15) is 11.3 Å². The van der Waals surface area contributed by atoms with Crippen LogP contribution >= 0.6 is 11.3 Å². The lowest BCUT2D eigenvalue weighted by molar-refractivity contribution is 0.260. The maximum atomic E-state index is 5.47. The van der Waals surface area contributed by atoms with Gasteiger partial charge in [0.15, 0.2) is 0 Å². The molecule has 2 nitrogen and oxygen atoms in total. The Balaban J connectivity index is 2.43. The third-order valence-electron chi connectivity index (χ3n) is 2.40. The molecule has 0 aromatic carbocycles. The second-order valence-corrected chi connectivity index (χ2v) is 4.14. The van der Waals surface area contributed by atoms with Crippen molar-refractivity contribution in [2.45, 2.75) is 19.4 Å². The summed E-state index contributed by atoms with van der Waals surface area (Å²) in [5.74, 6) is 0. The van der Waals surface area contributed by atoms with Crippen LogP contribution in [0.1, 0.15) is 24.9 Å². The van der Waals surface area contributed by atoms with Gasteiger partial charge < -0.3 is 5.73 Å². The molecule has 0 saturated carbocycles. The SMILES string of the molecule is CC(c1ccsc1)N(C)CCCN. The molecule has 2 N–H and O–H groups in total. The van der Waals surface area contributed by atoms with Crippen LogP contribution in [0, 0.1) is 0 Å². The molecule has 0 radical (unpaired) electrons. The first-order valence-electron chi connectivity index (χ1n) is 4.68. The summed E-state index contributed by atoms with van der Waals surface area (Å²) in [6, 6.07) is 2.70. The van der Waals surface area contributed by atoms with Crippen molar-refractivity contribution < 1.29 is 0 Å². The van der Waals surface area contributed by atoms with Gasteiger partial charge in [0.1, 0.15) is 0 Å². The summed E-state index contributed by atoms with van der Waals surface area (Å²) in [6.45, 7) is 4.09. The van der Waals surface area contributed by atoms with Crippen molar-refractivity contribution in [3.63, 3.8) is 0 Å². The number of thiophene rings is 1. The van der Waals surface area contributed by atoms with Crippen molar-refractivity contribution in [3.05, 3.63) is 22.4 Å². The van der Waals surface area contributed by atoms with E-state index in [9.17, 15) is 0 Å². The Labute approximate surface area is 84.4 Å². The number of nitrogens with zero attached hydrogens (tertiary/aromatic N) is 1. The predicted octanol–water partition coefficient (Wildman–Crippen LogP) is 2.09. The van der Waals surface area contributed by atoms with Gasteiger partial charge >= 0.3 is 0 Å². The summed E-state index contributed by atoms with van der Waals surface area (Å²) >= 11 is 1.76. The summed E-state index contributed by atoms with van der Waals surface area (Å²) in [5, 5.41) is 4.34. The molecule has 0 spiro atoms. The monoisotopic (exact) mass is 198 g/mol. The fourth-order valence-electron chi connectivity index (χ4n) is 1.30. The van der Waals surface area contributed by atoms with Gasteiger partial charge in [0.2, 0.25) is 0 Å². The molecule has 0 fully saturated rings. The third kappa shape index (κ3) is 3.10. The highest BCUT2D eigenvalue weighted by Gasteiger charge is 2.10. The Kier molecular flexibility index (Phi) is 4.42. The highest BCUT2D eigenvalue weighted by atomic mass is 32.1. The molecule has 1 unspecified atom stereocenters. The van der Waals surface area contributed by atoms with E-state index in [0.29, 0.717) is 6.04 Å². The topological polar surface area (TPSA) is 29.3 Å². The average molecular weight is 198 g/mol. The first-order chi connectivity index (χ1) is 6.25. The van der Waals surface area contributed by atoms with Crippen LogP contribution < -0.4 is 5.73 Å². The maximum Gasteiger partial charge on any atom is 0.0325 e. The highest BCUT2D eigenvalue weighted by molar-refractivity contribution is 7.07. The molecule has 74 valence electrons. The normalized spacial score (nSPS) is 13.5. The van der Waals surface area contributed by atoms with Crippen LogP contribution in [0.3, 0.4) is 0 Å². The van der Waals surface area contributed by atoms with E-state index in [2.05, 4.69) is 35.7 Å². The summed E-state index contributed by atoms with van der Waals surface area (Å²) in [5.41, 5.74) is 6.88. The molecule has 0 aliphatic rings. The lowest BCUT2D eigenvalue weighted by Gasteiger charge is -2.23. The minimum Gasteiger partial charge on any atom is -0.330 e. The molecule has 0 aliphatic heterocycles. The van der Waals surface area contributed by atoms with E-state index in [4.69, 9.17) is 5.73 Å². The van der Waals surface area contributed by atoms with E-state index >= 15 is 0 Å². The summed E-state index contributed by atoms with van der Waals surface area (Å²) in [7, 11) is 2.15. The Bertz CT molecular complexity index is 221. The smallest absolute Gasteiger partial charge is 0.0325 e. The number of rotatable bonds is 5. The standard InChI is InChI=1S/C10H18N2S/c1-9(10-4-7-13-8-10)12(2)6-3-5-11/h4,7-9H,3,5-6,11H2,1-2H3. The van der Waals surface area contributed by atoms with Gasteiger partial charge in [-0.25, -0.2) is 0 Å². The fraction of sp³-hybridized carbons (Fsp3) is 0.600. The molecule has 0 amide bonds. The van der Waals surface area contributed by atoms with E-state index in [-0.39, 0.29) is 0 Å². The van der Waals surface area contributed by atoms with Crippen molar-refractivity contribution in [2.75, 3.05) is 20.1 Å². The van der Waals surface area contributed by atoms with Crippen LogP contribution in [-0.4, -0.2) is 25.0 Å². The van der Waals surface area contributed by atoms with Crippen LogP contribution in [0.4, 0.5) is 0 Å².